The van der Waals surface area contributed by atoms with Gasteiger partial charge in [0.15, 0.2) is 0 Å². The van der Waals surface area contributed by atoms with Crippen LogP contribution in [-0.4, -0.2) is 6.04 Å². The fraction of sp³-hybridized carbons (Fsp3) is 1.00. The molecule has 0 saturated heterocycles. The summed E-state index contributed by atoms with van der Waals surface area (Å²) in [6.45, 7) is 6.25. The molecule has 10 heavy (non-hydrogen) atoms. The monoisotopic (exact) mass is 143 g/mol. The first-order valence-electron chi connectivity index (χ1n) is 4.56. The van der Waals surface area contributed by atoms with Crippen LogP contribution in [0.4, 0.5) is 0 Å². The first kappa shape index (κ1) is 9.96. The van der Waals surface area contributed by atoms with Crippen LogP contribution < -0.4 is 5.73 Å². The second kappa shape index (κ2) is 5.72. The van der Waals surface area contributed by atoms with Crippen molar-refractivity contribution in [3.05, 3.63) is 0 Å². The lowest BCUT2D eigenvalue weighted by Gasteiger charge is -2.24. The zero-order valence-corrected chi connectivity index (χ0v) is 7.56. The van der Waals surface area contributed by atoms with Gasteiger partial charge in [-0.1, -0.05) is 33.6 Å². The van der Waals surface area contributed by atoms with Crippen LogP contribution in [0.2, 0.25) is 0 Å². The third-order valence-electron chi connectivity index (χ3n) is 2.18. The summed E-state index contributed by atoms with van der Waals surface area (Å²) < 4.78 is 0. The van der Waals surface area contributed by atoms with Crippen LogP contribution >= 0.6 is 0 Å². The lowest BCUT2D eigenvalue weighted by Crippen LogP contribution is -2.30. The van der Waals surface area contributed by atoms with Crippen molar-refractivity contribution in [1.82, 2.24) is 0 Å². The molecule has 1 heteroatoms. The van der Waals surface area contributed by atoms with Crippen LogP contribution in [0.5, 0.6) is 0 Å². The minimum atomic E-state index is 0.503. The highest BCUT2D eigenvalue weighted by atomic mass is 14.6. The smallest absolute Gasteiger partial charge is 0.00645 e. The largest absolute Gasteiger partial charge is 0.327 e. The molecule has 0 radical (unpaired) electrons. The van der Waals surface area contributed by atoms with E-state index < -0.39 is 0 Å². The summed E-state index contributed by atoms with van der Waals surface area (Å²) in [7, 11) is 0. The Kier molecular flexibility index (Phi) is 5.70. The standard InChI is InChI=1S/C7H15N.C2H6/c1-6-4-2-3-5-7(6)8;1-2/h6-7H,2-5,8H2,1H3;1-2H3/t6?,7-;/m0./s1. The van der Waals surface area contributed by atoms with E-state index in [1.54, 1.807) is 0 Å². The molecule has 1 rings (SSSR count). The molecule has 62 valence electrons. The lowest BCUT2D eigenvalue weighted by molar-refractivity contribution is 0.331. The molecular weight excluding hydrogens is 122 g/mol. The Bertz CT molecular complexity index is 61.1. The normalized spacial score (nSPS) is 32.4. The van der Waals surface area contributed by atoms with Crippen LogP contribution in [0.15, 0.2) is 0 Å². The van der Waals surface area contributed by atoms with E-state index in [4.69, 9.17) is 5.73 Å². The Morgan fingerprint density at radius 2 is 1.60 bits per heavy atom. The molecule has 0 aromatic heterocycles. The third kappa shape index (κ3) is 3.21. The van der Waals surface area contributed by atoms with E-state index in [2.05, 4.69) is 6.92 Å². The van der Waals surface area contributed by atoms with Gasteiger partial charge in [0.2, 0.25) is 0 Å². The predicted octanol–water partition coefficient (Wildman–Crippen LogP) is 2.55. The summed E-state index contributed by atoms with van der Waals surface area (Å²) in [5, 5.41) is 0. The average Bonchev–Trinajstić information content (AvgIpc) is 2.00. The van der Waals surface area contributed by atoms with Crippen LogP contribution in [0, 0.1) is 5.92 Å². The molecule has 1 aliphatic rings. The average molecular weight is 143 g/mol. The molecule has 0 amide bonds. The van der Waals surface area contributed by atoms with Crippen molar-refractivity contribution in [2.75, 3.05) is 0 Å². The van der Waals surface area contributed by atoms with E-state index in [1.807, 2.05) is 13.8 Å². The maximum atomic E-state index is 5.78. The number of hydrogen-bond acceptors (Lipinski definition) is 1. The molecule has 2 N–H and O–H groups in total. The van der Waals surface area contributed by atoms with Crippen LogP contribution in [0.3, 0.4) is 0 Å². The molecule has 0 aromatic rings. The second-order valence-electron chi connectivity index (χ2n) is 2.93. The zero-order valence-electron chi connectivity index (χ0n) is 7.56. The van der Waals surface area contributed by atoms with Gasteiger partial charge in [-0.3, -0.25) is 0 Å². The van der Waals surface area contributed by atoms with Gasteiger partial charge in [-0.25, -0.2) is 0 Å². The van der Waals surface area contributed by atoms with Gasteiger partial charge in [-0.2, -0.15) is 0 Å². The van der Waals surface area contributed by atoms with E-state index >= 15 is 0 Å². The van der Waals surface area contributed by atoms with Gasteiger partial charge in [0.05, 0.1) is 0 Å². The molecule has 0 spiro atoms. The fourth-order valence-corrected chi connectivity index (χ4v) is 1.34. The van der Waals surface area contributed by atoms with E-state index in [1.165, 1.54) is 25.7 Å². The highest BCUT2D eigenvalue weighted by Gasteiger charge is 2.15. The van der Waals surface area contributed by atoms with Crippen molar-refractivity contribution in [2.24, 2.45) is 11.7 Å². The Hall–Kier alpha value is -0.0400. The minimum Gasteiger partial charge on any atom is -0.327 e. The van der Waals surface area contributed by atoms with Crippen LogP contribution in [-0.2, 0) is 0 Å². The molecule has 1 fully saturated rings. The fourth-order valence-electron chi connectivity index (χ4n) is 1.34. The molecule has 0 bridgehead atoms. The van der Waals surface area contributed by atoms with Crippen LogP contribution in [0.1, 0.15) is 46.5 Å². The van der Waals surface area contributed by atoms with E-state index in [9.17, 15) is 0 Å². The van der Waals surface area contributed by atoms with Gasteiger partial charge >= 0.3 is 0 Å². The molecule has 1 unspecified atom stereocenters. The van der Waals surface area contributed by atoms with E-state index in [-0.39, 0.29) is 0 Å². The third-order valence-corrected chi connectivity index (χ3v) is 2.18. The summed E-state index contributed by atoms with van der Waals surface area (Å²) in [4.78, 5) is 0. The number of nitrogens with two attached hydrogens (primary N) is 1. The van der Waals surface area contributed by atoms with Gasteiger partial charge < -0.3 is 5.73 Å². The molecule has 0 aliphatic heterocycles. The van der Waals surface area contributed by atoms with Crippen molar-refractivity contribution in [1.29, 1.82) is 0 Å². The SMILES string of the molecule is CC.CC1CCCC[C@@H]1N. The maximum Gasteiger partial charge on any atom is 0.00645 e. The lowest BCUT2D eigenvalue weighted by atomic mass is 9.87. The van der Waals surface area contributed by atoms with E-state index in [0.717, 1.165) is 5.92 Å². The minimum absolute atomic E-state index is 0.503. The summed E-state index contributed by atoms with van der Waals surface area (Å²) in [6, 6.07) is 0.503. The molecule has 1 nitrogen and oxygen atoms in total. The van der Waals surface area contributed by atoms with Gasteiger partial charge in [0.25, 0.3) is 0 Å². The van der Waals surface area contributed by atoms with Crippen molar-refractivity contribution in [2.45, 2.75) is 52.5 Å². The number of hydrogen-bond donors (Lipinski definition) is 1. The zero-order chi connectivity index (χ0) is 7.98. The highest BCUT2D eigenvalue weighted by Crippen LogP contribution is 2.21. The van der Waals surface area contributed by atoms with Crippen molar-refractivity contribution >= 4 is 0 Å². The topological polar surface area (TPSA) is 26.0 Å². The van der Waals surface area contributed by atoms with Gasteiger partial charge in [-0.05, 0) is 18.8 Å². The Labute approximate surface area is 65.0 Å². The van der Waals surface area contributed by atoms with Crippen molar-refractivity contribution in [3.63, 3.8) is 0 Å². The molecule has 1 aliphatic carbocycles. The highest BCUT2D eigenvalue weighted by molar-refractivity contribution is 4.73. The summed E-state index contributed by atoms with van der Waals surface area (Å²) >= 11 is 0. The Morgan fingerprint density at radius 1 is 1.10 bits per heavy atom. The van der Waals surface area contributed by atoms with Crippen molar-refractivity contribution in [3.8, 4) is 0 Å². The summed E-state index contributed by atoms with van der Waals surface area (Å²) in [6.07, 6.45) is 5.35. The Morgan fingerprint density at radius 3 is 1.90 bits per heavy atom. The molecule has 1 saturated carbocycles. The number of rotatable bonds is 0. The second-order valence-corrected chi connectivity index (χ2v) is 2.93. The first-order valence-corrected chi connectivity index (χ1v) is 4.56. The molecule has 0 heterocycles. The maximum absolute atomic E-state index is 5.78. The quantitative estimate of drug-likeness (QED) is 0.554. The van der Waals surface area contributed by atoms with Crippen LogP contribution in [0.25, 0.3) is 0 Å². The van der Waals surface area contributed by atoms with Crippen molar-refractivity contribution < 1.29 is 0 Å². The summed E-state index contributed by atoms with van der Waals surface area (Å²) in [5.41, 5.74) is 5.78. The van der Waals surface area contributed by atoms with Gasteiger partial charge in [-0.15, -0.1) is 0 Å². The molecular formula is C9H21N. The predicted molar refractivity (Wildman–Crippen MR) is 47.0 cm³/mol. The molecule has 0 aromatic carbocycles. The van der Waals surface area contributed by atoms with E-state index in [0.29, 0.717) is 6.04 Å². The summed E-state index contributed by atoms with van der Waals surface area (Å²) in [5.74, 6) is 0.781. The van der Waals surface area contributed by atoms with Gasteiger partial charge in [0, 0.05) is 6.04 Å². The first-order chi connectivity index (χ1) is 4.80. The Balaban J connectivity index is 0.000000371. The van der Waals surface area contributed by atoms with Gasteiger partial charge in [0.1, 0.15) is 0 Å². The molecule has 2 atom stereocenters.